The molecule has 120 valence electrons. The Hall–Kier alpha value is -2.01. The second-order valence-corrected chi connectivity index (χ2v) is 6.47. The normalized spacial score (nSPS) is 18.7. The molecule has 1 fully saturated rings. The van der Waals surface area contributed by atoms with Gasteiger partial charge >= 0.3 is 0 Å². The highest BCUT2D eigenvalue weighted by Gasteiger charge is 2.20. The Labute approximate surface area is 137 Å². The van der Waals surface area contributed by atoms with Crippen LogP contribution in [0.2, 0.25) is 0 Å². The molecule has 23 heavy (non-hydrogen) atoms. The molecule has 5 nitrogen and oxygen atoms in total. The first-order valence-electron chi connectivity index (χ1n) is 8.61. The van der Waals surface area contributed by atoms with Gasteiger partial charge in [0.25, 0.3) is 0 Å². The first-order chi connectivity index (χ1) is 11.4. The van der Waals surface area contributed by atoms with Crippen molar-refractivity contribution in [2.45, 2.75) is 32.2 Å². The summed E-state index contributed by atoms with van der Waals surface area (Å²) in [5, 5.41) is 8.94. The topological polar surface area (TPSA) is 45.2 Å². The van der Waals surface area contributed by atoms with Gasteiger partial charge in [-0.2, -0.15) is 5.10 Å². The third-order valence-electron chi connectivity index (χ3n) is 4.86. The van der Waals surface area contributed by atoms with Gasteiger partial charge in [0.2, 0.25) is 0 Å². The SMILES string of the molecule is c1ccc(CN2CCN(c3cc4c(nn3)CCCC4)CC2)nc1. The lowest BCUT2D eigenvalue weighted by atomic mass is 9.97. The van der Waals surface area contributed by atoms with Crippen molar-refractivity contribution >= 4 is 5.82 Å². The lowest BCUT2D eigenvalue weighted by molar-refractivity contribution is 0.246. The van der Waals surface area contributed by atoms with Gasteiger partial charge in [-0.05, 0) is 49.4 Å². The monoisotopic (exact) mass is 309 g/mol. The average molecular weight is 309 g/mol. The Bertz CT molecular complexity index is 650. The van der Waals surface area contributed by atoms with E-state index in [1.165, 1.54) is 24.1 Å². The number of aryl methyl sites for hydroxylation is 2. The van der Waals surface area contributed by atoms with Crippen LogP contribution >= 0.6 is 0 Å². The number of pyridine rings is 1. The molecule has 4 rings (SSSR count). The van der Waals surface area contributed by atoms with E-state index in [2.05, 4.69) is 43.2 Å². The van der Waals surface area contributed by atoms with Crippen LogP contribution < -0.4 is 4.90 Å². The summed E-state index contributed by atoms with van der Waals surface area (Å²) in [7, 11) is 0. The number of aromatic nitrogens is 3. The molecule has 1 saturated heterocycles. The molecule has 1 aliphatic carbocycles. The molecule has 2 aromatic rings. The number of nitrogens with zero attached hydrogens (tertiary/aromatic N) is 5. The van der Waals surface area contributed by atoms with Crippen LogP contribution in [-0.4, -0.2) is 46.3 Å². The van der Waals surface area contributed by atoms with E-state index in [0.29, 0.717) is 0 Å². The Morgan fingerprint density at radius 3 is 2.65 bits per heavy atom. The predicted octanol–water partition coefficient (Wildman–Crippen LogP) is 2.07. The molecule has 1 aliphatic heterocycles. The second-order valence-electron chi connectivity index (χ2n) is 6.47. The minimum atomic E-state index is 0.935. The standard InChI is InChI=1S/C18H23N5/c1-2-7-17-15(5-1)13-18(21-20-17)23-11-9-22(10-12-23)14-16-6-3-4-8-19-16/h3-4,6,8,13H,1-2,5,7,9-12,14H2. The number of rotatable bonds is 3. The zero-order valence-corrected chi connectivity index (χ0v) is 13.5. The minimum Gasteiger partial charge on any atom is -0.353 e. The zero-order valence-electron chi connectivity index (χ0n) is 13.5. The lowest BCUT2D eigenvalue weighted by Crippen LogP contribution is -2.46. The van der Waals surface area contributed by atoms with E-state index >= 15 is 0 Å². The maximum absolute atomic E-state index is 4.47. The molecular weight excluding hydrogens is 286 g/mol. The van der Waals surface area contributed by atoms with Gasteiger partial charge in [0.1, 0.15) is 0 Å². The summed E-state index contributed by atoms with van der Waals surface area (Å²) in [5.41, 5.74) is 3.78. The summed E-state index contributed by atoms with van der Waals surface area (Å²) in [5.74, 6) is 1.06. The van der Waals surface area contributed by atoms with Crippen molar-refractivity contribution in [3.05, 3.63) is 47.4 Å². The molecule has 2 aliphatic rings. The number of piperazine rings is 1. The highest BCUT2D eigenvalue weighted by molar-refractivity contribution is 5.42. The summed E-state index contributed by atoms with van der Waals surface area (Å²) >= 11 is 0. The Morgan fingerprint density at radius 2 is 1.83 bits per heavy atom. The fourth-order valence-electron chi connectivity index (χ4n) is 3.49. The molecule has 0 atom stereocenters. The summed E-state index contributed by atoms with van der Waals surface area (Å²) < 4.78 is 0. The van der Waals surface area contributed by atoms with Gasteiger partial charge in [-0.25, -0.2) is 0 Å². The third-order valence-corrected chi connectivity index (χ3v) is 4.86. The highest BCUT2D eigenvalue weighted by Crippen LogP contribution is 2.23. The molecule has 0 spiro atoms. The Morgan fingerprint density at radius 1 is 0.957 bits per heavy atom. The average Bonchev–Trinajstić information content (AvgIpc) is 2.63. The molecule has 5 heteroatoms. The Balaban J connectivity index is 1.38. The van der Waals surface area contributed by atoms with Crippen molar-refractivity contribution in [2.24, 2.45) is 0 Å². The fraction of sp³-hybridized carbons (Fsp3) is 0.500. The summed E-state index contributed by atoms with van der Waals surface area (Å²) in [6.07, 6.45) is 6.68. The molecule has 0 radical (unpaired) electrons. The van der Waals surface area contributed by atoms with Crippen LogP contribution in [0.15, 0.2) is 30.5 Å². The van der Waals surface area contributed by atoms with E-state index < -0.39 is 0 Å². The molecule has 0 bridgehead atoms. The van der Waals surface area contributed by atoms with E-state index in [1.807, 2.05) is 12.3 Å². The first-order valence-corrected chi connectivity index (χ1v) is 8.61. The summed E-state index contributed by atoms with van der Waals surface area (Å²) in [6, 6.07) is 8.40. The molecule has 0 N–H and O–H groups in total. The third kappa shape index (κ3) is 3.34. The second kappa shape index (κ2) is 6.62. The van der Waals surface area contributed by atoms with E-state index in [9.17, 15) is 0 Å². The van der Waals surface area contributed by atoms with Crippen LogP contribution in [0.1, 0.15) is 29.8 Å². The van der Waals surface area contributed by atoms with Crippen molar-refractivity contribution in [3.8, 4) is 0 Å². The van der Waals surface area contributed by atoms with Crippen molar-refractivity contribution in [2.75, 3.05) is 31.1 Å². The largest absolute Gasteiger partial charge is 0.353 e. The number of anilines is 1. The minimum absolute atomic E-state index is 0.935. The fourth-order valence-corrected chi connectivity index (χ4v) is 3.49. The van der Waals surface area contributed by atoms with Crippen molar-refractivity contribution in [1.82, 2.24) is 20.1 Å². The molecular formula is C18H23N5. The maximum Gasteiger partial charge on any atom is 0.151 e. The maximum atomic E-state index is 4.47. The van der Waals surface area contributed by atoms with Crippen LogP contribution in [-0.2, 0) is 19.4 Å². The van der Waals surface area contributed by atoms with Crippen molar-refractivity contribution < 1.29 is 0 Å². The number of fused-ring (bicyclic) bond motifs is 1. The van der Waals surface area contributed by atoms with E-state index in [-0.39, 0.29) is 0 Å². The van der Waals surface area contributed by atoms with Gasteiger partial charge in [-0.15, -0.1) is 5.10 Å². The van der Waals surface area contributed by atoms with E-state index in [1.54, 1.807) is 0 Å². The van der Waals surface area contributed by atoms with Gasteiger partial charge in [0, 0.05) is 38.9 Å². The molecule has 0 aromatic carbocycles. The summed E-state index contributed by atoms with van der Waals surface area (Å²) in [4.78, 5) is 9.26. The van der Waals surface area contributed by atoms with Crippen LogP contribution in [0.4, 0.5) is 5.82 Å². The smallest absolute Gasteiger partial charge is 0.151 e. The van der Waals surface area contributed by atoms with Crippen LogP contribution in [0.3, 0.4) is 0 Å². The number of hydrogen-bond donors (Lipinski definition) is 0. The van der Waals surface area contributed by atoms with Crippen LogP contribution in [0.25, 0.3) is 0 Å². The molecule has 0 amide bonds. The first kappa shape index (κ1) is 14.6. The van der Waals surface area contributed by atoms with Crippen molar-refractivity contribution in [3.63, 3.8) is 0 Å². The van der Waals surface area contributed by atoms with Gasteiger partial charge in [0.05, 0.1) is 11.4 Å². The molecule has 0 unspecified atom stereocenters. The zero-order chi connectivity index (χ0) is 15.5. The number of hydrogen-bond acceptors (Lipinski definition) is 5. The Kier molecular flexibility index (Phi) is 4.20. The quantitative estimate of drug-likeness (QED) is 0.868. The van der Waals surface area contributed by atoms with Gasteiger partial charge in [-0.1, -0.05) is 6.07 Å². The van der Waals surface area contributed by atoms with Crippen LogP contribution in [0.5, 0.6) is 0 Å². The molecule has 0 saturated carbocycles. The predicted molar refractivity (Wildman–Crippen MR) is 90.4 cm³/mol. The van der Waals surface area contributed by atoms with Crippen LogP contribution in [0, 0.1) is 0 Å². The molecule has 3 heterocycles. The van der Waals surface area contributed by atoms with Gasteiger partial charge in [0.15, 0.2) is 5.82 Å². The van der Waals surface area contributed by atoms with E-state index in [0.717, 1.165) is 57.1 Å². The van der Waals surface area contributed by atoms with Gasteiger partial charge in [-0.3, -0.25) is 9.88 Å². The molecule has 2 aromatic heterocycles. The van der Waals surface area contributed by atoms with Gasteiger partial charge < -0.3 is 4.90 Å². The summed E-state index contributed by atoms with van der Waals surface area (Å²) in [6.45, 7) is 5.07. The van der Waals surface area contributed by atoms with E-state index in [4.69, 9.17) is 0 Å². The lowest BCUT2D eigenvalue weighted by Gasteiger charge is -2.35. The van der Waals surface area contributed by atoms with Crippen molar-refractivity contribution in [1.29, 1.82) is 0 Å². The highest BCUT2D eigenvalue weighted by atomic mass is 15.3.